The number of ether oxygens (including phenoxy) is 1. The molecule has 0 saturated carbocycles. The number of nitrogens with one attached hydrogen (secondary N) is 3. The first-order valence-corrected chi connectivity index (χ1v) is 9.42. The predicted octanol–water partition coefficient (Wildman–Crippen LogP) is 4.15. The Bertz CT molecular complexity index is 1310. The maximum atomic E-state index is 14.6. The Morgan fingerprint density at radius 3 is 2.68 bits per heavy atom. The van der Waals surface area contributed by atoms with Gasteiger partial charge in [-0.3, -0.25) is 14.6 Å². The molecule has 0 fully saturated rings. The zero-order valence-electron chi connectivity index (χ0n) is 16.1. The highest BCUT2D eigenvalue weighted by Crippen LogP contribution is 2.29. The number of halogens is 2. The molecule has 3 aromatic heterocycles. The summed E-state index contributed by atoms with van der Waals surface area (Å²) in [7, 11) is 1.48. The monoisotopic (exact) mass is 439 g/mol. The van der Waals surface area contributed by atoms with E-state index in [1.807, 2.05) is 0 Å². The van der Waals surface area contributed by atoms with Crippen LogP contribution in [0.4, 0.5) is 10.1 Å². The van der Waals surface area contributed by atoms with Crippen LogP contribution >= 0.6 is 11.6 Å². The lowest BCUT2D eigenvalue weighted by Crippen LogP contribution is -2.18. The first kappa shape index (κ1) is 20.3. The van der Waals surface area contributed by atoms with Gasteiger partial charge in [0.2, 0.25) is 0 Å². The van der Waals surface area contributed by atoms with Crippen molar-refractivity contribution in [2.45, 2.75) is 0 Å². The number of rotatable bonds is 5. The highest BCUT2D eigenvalue weighted by molar-refractivity contribution is 6.36. The Morgan fingerprint density at radius 2 is 1.90 bits per heavy atom. The van der Waals surface area contributed by atoms with Gasteiger partial charge in [-0.05, 0) is 24.3 Å². The van der Waals surface area contributed by atoms with Gasteiger partial charge in [0.05, 0.1) is 16.0 Å². The van der Waals surface area contributed by atoms with Crippen LogP contribution in [0.1, 0.15) is 20.8 Å². The van der Waals surface area contributed by atoms with E-state index in [0.29, 0.717) is 16.1 Å². The number of anilines is 1. The van der Waals surface area contributed by atoms with E-state index >= 15 is 0 Å². The Labute approximate surface area is 180 Å². The average molecular weight is 440 g/mol. The van der Waals surface area contributed by atoms with E-state index in [-0.39, 0.29) is 28.4 Å². The molecule has 1 aromatic carbocycles. The number of aromatic amines is 1. The minimum absolute atomic E-state index is 0.0774. The fourth-order valence-corrected chi connectivity index (χ4v) is 3.16. The van der Waals surface area contributed by atoms with Crippen LogP contribution in [0.25, 0.3) is 11.0 Å². The number of fused-ring (bicyclic) bond motifs is 1. The molecule has 156 valence electrons. The van der Waals surface area contributed by atoms with E-state index in [1.54, 1.807) is 6.07 Å². The minimum atomic E-state index is -0.699. The molecule has 0 aliphatic heterocycles. The summed E-state index contributed by atoms with van der Waals surface area (Å²) < 4.78 is 20.1. The summed E-state index contributed by atoms with van der Waals surface area (Å²) in [6, 6.07) is 8.46. The molecule has 8 nitrogen and oxygen atoms in total. The second-order valence-corrected chi connectivity index (χ2v) is 6.78. The average Bonchev–Trinajstić information content (AvgIpc) is 3.21. The third-order valence-electron chi connectivity index (χ3n) is 4.38. The number of benzene rings is 1. The number of carbonyl (C=O) groups is 2. The molecule has 31 heavy (non-hydrogen) atoms. The van der Waals surface area contributed by atoms with Gasteiger partial charge < -0.3 is 20.4 Å². The summed E-state index contributed by atoms with van der Waals surface area (Å²) in [5, 5.41) is 5.93. The Morgan fingerprint density at radius 1 is 1.10 bits per heavy atom. The first-order valence-electron chi connectivity index (χ1n) is 9.04. The van der Waals surface area contributed by atoms with Gasteiger partial charge in [-0.2, -0.15) is 0 Å². The normalized spacial score (nSPS) is 10.7. The van der Waals surface area contributed by atoms with Gasteiger partial charge in [-0.1, -0.05) is 11.6 Å². The van der Waals surface area contributed by atoms with Crippen LogP contribution in [-0.4, -0.2) is 33.8 Å². The number of hydrogen-bond donors (Lipinski definition) is 3. The van der Waals surface area contributed by atoms with Crippen molar-refractivity contribution in [3.63, 3.8) is 0 Å². The highest BCUT2D eigenvalue weighted by atomic mass is 35.5. The lowest BCUT2D eigenvalue weighted by atomic mass is 10.2. The Hall–Kier alpha value is -3.98. The minimum Gasteiger partial charge on any atom is -0.454 e. The molecule has 2 amide bonds. The van der Waals surface area contributed by atoms with Crippen molar-refractivity contribution < 1.29 is 18.7 Å². The van der Waals surface area contributed by atoms with Gasteiger partial charge in [-0.15, -0.1) is 0 Å². The summed E-state index contributed by atoms with van der Waals surface area (Å²) in [4.78, 5) is 35.2. The Balaban J connectivity index is 1.52. The molecular formula is C21H15ClFN5O3. The van der Waals surface area contributed by atoms with E-state index in [9.17, 15) is 14.0 Å². The predicted molar refractivity (Wildman–Crippen MR) is 113 cm³/mol. The van der Waals surface area contributed by atoms with Crippen LogP contribution in [0, 0.1) is 5.82 Å². The Kier molecular flexibility index (Phi) is 5.50. The van der Waals surface area contributed by atoms with E-state index in [0.717, 1.165) is 6.07 Å². The van der Waals surface area contributed by atoms with Gasteiger partial charge in [-0.25, -0.2) is 9.37 Å². The molecule has 0 atom stereocenters. The van der Waals surface area contributed by atoms with Crippen molar-refractivity contribution in [1.29, 1.82) is 0 Å². The van der Waals surface area contributed by atoms with Crippen LogP contribution in [0.5, 0.6) is 11.5 Å². The molecular weight excluding hydrogens is 425 g/mol. The quantitative estimate of drug-likeness (QED) is 0.432. The van der Waals surface area contributed by atoms with Crippen LogP contribution < -0.4 is 15.4 Å². The van der Waals surface area contributed by atoms with Crippen molar-refractivity contribution in [2.75, 3.05) is 12.4 Å². The standard InChI is InChI=1S/C21H15ClFN5O3/c1-24-21(30)16-9-12(4-6-25-16)31-17-3-2-11(8-15(17)23)28-20(29)13-10-27-19-18(13)14(22)5-7-26-19/h2-10H,1H3,(H,24,30)(H,26,27)(H,28,29). The fraction of sp³-hybridized carbons (Fsp3) is 0.0476. The number of H-pyrrole nitrogens is 1. The second kappa shape index (κ2) is 8.41. The molecule has 0 spiro atoms. The summed E-state index contributed by atoms with van der Waals surface area (Å²) in [6.45, 7) is 0. The molecule has 0 aliphatic carbocycles. The van der Waals surface area contributed by atoms with Gasteiger partial charge >= 0.3 is 0 Å². The SMILES string of the molecule is CNC(=O)c1cc(Oc2ccc(NC(=O)c3c[nH]c4nccc(Cl)c34)cc2F)ccn1. The largest absolute Gasteiger partial charge is 0.454 e. The first-order chi connectivity index (χ1) is 15.0. The van der Waals surface area contributed by atoms with E-state index in [4.69, 9.17) is 16.3 Å². The van der Waals surface area contributed by atoms with Crippen LogP contribution in [-0.2, 0) is 0 Å². The number of pyridine rings is 2. The molecule has 0 radical (unpaired) electrons. The highest BCUT2D eigenvalue weighted by Gasteiger charge is 2.16. The topological polar surface area (TPSA) is 109 Å². The van der Waals surface area contributed by atoms with Crippen molar-refractivity contribution in [2.24, 2.45) is 0 Å². The number of hydrogen-bond acceptors (Lipinski definition) is 5. The zero-order valence-corrected chi connectivity index (χ0v) is 16.8. The van der Waals surface area contributed by atoms with Crippen molar-refractivity contribution in [3.05, 3.63) is 77.1 Å². The summed E-state index contributed by atoms with van der Waals surface area (Å²) >= 11 is 6.17. The van der Waals surface area contributed by atoms with Gasteiger partial charge in [0.25, 0.3) is 11.8 Å². The number of nitrogens with zero attached hydrogens (tertiary/aromatic N) is 2. The molecule has 3 heterocycles. The number of amides is 2. The molecule has 3 N–H and O–H groups in total. The summed E-state index contributed by atoms with van der Waals surface area (Å²) in [5.41, 5.74) is 1.12. The van der Waals surface area contributed by atoms with E-state index in [2.05, 4.69) is 25.6 Å². The third-order valence-corrected chi connectivity index (χ3v) is 4.69. The van der Waals surface area contributed by atoms with Crippen LogP contribution in [0.2, 0.25) is 5.02 Å². The van der Waals surface area contributed by atoms with Gasteiger partial charge in [0, 0.05) is 43.5 Å². The van der Waals surface area contributed by atoms with E-state index < -0.39 is 17.6 Å². The molecule has 0 aliphatic rings. The maximum Gasteiger partial charge on any atom is 0.269 e. The number of carbonyl (C=O) groups excluding carboxylic acids is 2. The van der Waals surface area contributed by atoms with Crippen molar-refractivity contribution in [1.82, 2.24) is 20.3 Å². The van der Waals surface area contributed by atoms with Crippen molar-refractivity contribution >= 4 is 40.1 Å². The number of aromatic nitrogens is 3. The van der Waals surface area contributed by atoms with Crippen molar-refractivity contribution in [3.8, 4) is 11.5 Å². The van der Waals surface area contributed by atoms with Gasteiger partial charge in [0.1, 0.15) is 17.1 Å². The maximum absolute atomic E-state index is 14.6. The summed E-state index contributed by atoms with van der Waals surface area (Å²) in [6.07, 6.45) is 4.39. The molecule has 0 saturated heterocycles. The smallest absolute Gasteiger partial charge is 0.269 e. The molecule has 4 rings (SSSR count). The molecule has 10 heteroatoms. The lowest BCUT2D eigenvalue weighted by molar-refractivity contribution is 0.0957. The summed E-state index contributed by atoms with van der Waals surface area (Å²) in [5.74, 6) is -1.40. The third kappa shape index (κ3) is 4.17. The van der Waals surface area contributed by atoms with Crippen LogP contribution in [0.3, 0.4) is 0 Å². The zero-order chi connectivity index (χ0) is 22.0. The molecule has 0 unspecified atom stereocenters. The molecule has 0 bridgehead atoms. The van der Waals surface area contributed by atoms with Crippen LogP contribution in [0.15, 0.2) is 55.0 Å². The fourth-order valence-electron chi connectivity index (χ4n) is 2.91. The second-order valence-electron chi connectivity index (χ2n) is 6.38. The van der Waals surface area contributed by atoms with Gasteiger partial charge in [0.15, 0.2) is 11.6 Å². The molecule has 4 aromatic rings. The van der Waals surface area contributed by atoms with E-state index in [1.165, 1.54) is 49.9 Å². The lowest BCUT2D eigenvalue weighted by Gasteiger charge is -2.10.